The van der Waals surface area contributed by atoms with Crippen molar-refractivity contribution in [3.05, 3.63) is 28.8 Å². The molecule has 1 aromatic rings. The Morgan fingerprint density at radius 1 is 1.47 bits per heavy atom. The van der Waals surface area contributed by atoms with Crippen molar-refractivity contribution in [3.8, 4) is 0 Å². The lowest BCUT2D eigenvalue weighted by Gasteiger charge is -2.35. The fraction of sp³-hybridized carbons (Fsp3) is 0.600. The number of methoxy groups -OCH3 is 1. The highest BCUT2D eigenvalue weighted by molar-refractivity contribution is 6.31. The number of halogens is 1. The second-order valence-corrected chi connectivity index (χ2v) is 5.59. The van der Waals surface area contributed by atoms with Crippen molar-refractivity contribution in [2.45, 2.75) is 19.3 Å². The molecule has 1 aliphatic rings. The fourth-order valence-electron chi connectivity index (χ4n) is 2.89. The van der Waals surface area contributed by atoms with Gasteiger partial charge in [0, 0.05) is 30.9 Å². The quantitative estimate of drug-likeness (QED) is 0.902. The van der Waals surface area contributed by atoms with E-state index in [1.54, 1.807) is 7.11 Å². The highest BCUT2D eigenvalue weighted by Crippen LogP contribution is 2.31. The summed E-state index contributed by atoms with van der Waals surface area (Å²) in [5.74, 6) is 0.614. The van der Waals surface area contributed by atoms with E-state index >= 15 is 0 Å². The molecule has 0 aliphatic carbocycles. The molecule has 3 nitrogen and oxygen atoms in total. The Bertz CT molecular complexity index is 409. The van der Waals surface area contributed by atoms with Crippen molar-refractivity contribution >= 4 is 17.3 Å². The van der Waals surface area contributed by atoms with Crippen molar-refractivity contribution in [3.63, 3.8) is 0 Å². The Kier molecular flexibility index (Phi) is 5.49. The van der Waals surface area contributed by atoms with Crippen molar-refractivity contribution in [1.29, 1.82) is 0 Å². The molecule has 1 fully saturated rings. The van der Waals surface area contributed by atoms with Crippen LogP contribution in [0.3, 0.4) is 0 Å². The molecule has 1 heterocycles. The van der Waals surface area contributed by atoms with Crippen LogP contribution in [0.15, 0.2) is 18.2 Å². The third-order valence-electron chi connectivity index (χ3n) is 3.75. The first kappa shape index (κ1) is 14.6. The molecule has 2 N–H and O–H groups in total. The highest BCUT2D eigenvalue weighted by Gasteiger charge is 2.22. The Morgan fingerprint density at radius 3 is 3.05 bits per heavy atom. The average Bonchev–Trinajstić information content (AvgIpc) is 2.42. The molecule has 0 radical (unpaired) electrons. The van der Waals surface area contributed by atoms with Gasteiger partial charge in [0.2, 0.25) is 0 Å². The van der Waals surface area contributed by atoms with E-state index in [0.717, 1.165) is 31.1 Å². The summed E-state index contributed by atoms with van der Waals surface area (Å²) in [4.78, 5) is 2.43. The third kappa shape index (κ3) is 3.62. The van der Waals surface area contributed by atoms with Crippen LogP contribution in [0.4, 0.5) is 5.69 Å². The van der Waals surface area contributed by atoms with Crippen LogP contribution < -0.4 is 10.6 Å². The molecule has 0 bridgehead atoms. The molecule has 1 atom stereocenters. The SMILES string of the molecule is COCC1CCCN(c2cccc(Cl)c2CCN)C1. The summed E-state index contributed by atoms with van der Waals surface area (Å²) in [7, 11) is 1.78. The van der Waals surface area contributed by atoms with Crippen LogP contribution in [-0.2, 0) is 11.2 Å². The normalized spacial score (nSPS) is 19.7. The number of ether oxygens (including phenoxy) is 1. The molecule has 19 heavy (non-hydrogen) atoms. The highest BCUT2D eigenvalue weighted by atomic mass is 35.5. The van der Waals surface area contributed by atoms with Gasteiger partial charge in [-0.25, -0.2) is 0 Å². The smallest absolute Gasteiger partial charge is 0.0507 e. The molecule has 1 aromatic carbocycles. The van der Waals surface area contributed by atoms with Gasteiger partial charge in [-0.2, -0.15) is 0 Å². The van der Waals surface area contributed by atoms with Crippen LogP contribution in [0.2, 0.25) is 5.02 Å². The van der Waals surface area contributed by atoms with Crippen molar-refractivity contribution in [2.24, 2.45) is 11.7 Å². The minimum Gasteiger partial charge on any atom is -0.384 e. The van der Waals surface area contributed by atoms with E-state index in [-0.39, 0.29) is 0 Å². The lowest BCUT2D eigenvalue weighted by molar-refractivity contribution is 0.143. The van der Waals surface area contributed by atoms with Crippen molar-refractivity contribution < 1.29 is 4.74 Å². The summed E-state index contributed by atoms with van der Waals surface area (Å²) in [6.07, 6.45) is 3.29. The number of hydrogen-bond acceptors (Lipinski definition) is 3. The van der Waals surface area contributed by atoms with E-state index in [4.69, 9.17) is 22.1 Å². The second kappa shape index (κ2) is 7.13. The zero-order chi connectivity index (χ0) is 13.7. The van der Waals surface area contributed by atoms with Crippen LogP contribution >= 0.6 is 11.6 Å². The van der Waals surface area contributed by atoms with Crippen molar-refractivity contribution in [1.82, 2.24) is 0 Å². The average molecular weight is 283 g/mol. The van der Waals surface area contributed by atoms with Gasteiger partial charge in [-0.3, -0.25) is 0 Å². The van der Waals surface area contributed by atoms with Gasteiger partial charge in [-0.1, -0.05) is 17.7 Å². The maximum atomic E-state index is 6.32. The number of anilines is 1. The van der Waals surface area contributed by atoms with E-state index < -0.39 is 0 Å². The molecule has 1 unspecified atom stereocenters. The van der Waals surface area contributed by atoms with Gasteiger partial charge in [-0.15, -0.1) is 0 Å². The minimum atomic E-state index is 0.614. The van der Waals surface area contributed by atoms with Crippen LogP contribution in [0.5, 0.6) is 0 Å². The Morgan fingerprint density at radius 2 is 2.32 bits per heavy atom. The van der Waals surface area contributed by atoms with Crippen LogP contribution in [0.1, 0.15) is 18.4 Å². The summed E-state index contributed by atoms with van der Waals surface area (Å²) < 4.78 is 5.29. The maximum absolute atomic E-state index is 6.32. The Labute approximate surface area is 120 Å². The third-order valence-corrected chi connectivity index (χ3v) is 4.10. The van der Waals surface area contributed by atoms with Gasteiger partial charge in [0.1, 0.15) is 0 Å². The summed E-state index contributed by atoms with van der Waals surface area (Å²) in [5, 5.41) is 0.830. The first-order valence-electron chi connectivity index (χ1n) is 6.97. The number of piperidine rings is 1. The van der Waals surface area contributed by atoms with E-state index in [2.05, 4.69) is 11.0 Å². The zero-order valence-electron chi connectivity index (χ0n) is 11.6. The number of hydrogen-bond donors (Lipinski definition) is 1. The summed E-state index contributed by atoms with van der Waals surface area (Å²) >= 11 is 6.32. The lowest BCUT2D eigenvalue weighted by atomic mass is 9.97. The van der Waals surface area contributed by atoms with Crippen molar-refractivity contribution in [2.75, 3.05) is 38.3 Å². The topological polar surface area (TPSA) is 38.5 Å². The number of rotatable bonds is 5. The number of benzene rings is 1. The van der Waals surface area contributed by atoms with Gasteiger partial charge in [-0.05, 0) is 49.4 Å². The molecule has 106 valence electrons. The Balaban J connectivity index is 2.18. The summed E-state index contributed by atoms with van der Waals surface area (Å²) in [5.41, 5.74) is 8.14. The monoisotopic (exact) mass is 282 g/mol. The fourth-order valence-corrected chi connectivity index (χ4v) is 3.16. The van der Waals surface area contributed by atoms with Crippen LogP contribution in [0, 0.1) is 5.92 Å². The van der Waals surface area contributed by atoms with Gasteiger partial charge in [0.05, 0.1) is 6.61 Å². The zero-order valence-corrected chi connectivity index (χ0v) is 12.3. The molecule has 2 rings (SSSR count). The lowest BCUT2D eigenvalue weighted by Crippen LogP contribution is -2.37. The molecular formula is C15H23ClN2O. The second-order valence-electron chi connectivity index (χ2n) is 5.19. The molecule has 1 saturated heterocycles. The number of nitrogens with two attached hydrogens (primary N) is 1. The summed E-state index contributed by atoms with van der Waals surface area (Å²) in [6.45, 7) is 3.61. The van der Waals surface area contributed by atoms with Gasteiger partial charge < -0.3 is 15.4 Å². The first-order valence-corrected chi connectivity index (χ1v) is 7.35. The molecule has 0 spiro atoms. The van der Waals surface area contributed by atoms with Crippen LogP contribution in [0.25, 0.3) is 0 Å². The summed E-state index contributed by atoms with van der Waals surface area (Å²) in [6, 6.07) is 6.14. The van der Waals surface area contributed by atoms with Gasteiger partial charge in [0.15, 0.2) is 0 Å². The standard InChI is InChI=1S/C15H23ClN2O/c1-19-11-12-4-3-9-18(10-12)15-6-2-5-14(16)13(15)7-8-17/h2,5-6,12H,3-4,7-11,17H2,1H3. The molecule has 4 heteroatoms. The molecule has 0 aromatic heterocycles. The molecule has 0 amide bonds. The Hall–Kier alpha value is -0.770. The maximum Gasteiger partial charge on any atom is 0.0507 e. The van der Waals surface area contributed by atoms with Gasteiger partial charge >= 0.3 is 0 Å². The minimum absolute atomic E-state index is 0.614. The predicted molar refractivity (Wildman–Crippen MR) is 81.0 cm³/mol. The van der Waals surface area contributed by atoms with E-state index in [1.807, 2.05) is 12.1 Å². The predicted octanol–water partition coefficient (Wildman–Crippen LogP) is 2.70. The molecule has 1 aliphatic heterocycles. The first-order chi connectivity index (χ1) is 9.26. The molecule has 0 saturated carbocycles. The largest absolute Gasteiger partial charge is 0.384 e. The number of nitrogens with zero attached hydrogens (tertiary/aromatic N) is 1. The van der Waals surface area contributed by atoms with E-state index in [9.17, 15) is 0 Å². The molecular weight excluding hydrogens is 260 g/mol. The van der Waals surface area contributed by atoms with E-state index in [0.29, 0.717) is 12.5 Å². The van der Waals surface area contributed by atoms with E-state index in [1.165, 1.54) is 24.1 Å². The van der Waals surface area contributed by atoms with Crippen LogP contribution in [-0.4, -0.2) is 33.4 Å². The van der Waals surface area contributed by atoms with Gasteiger partial charge in [0.25, 0.3) is 0 Å².